The average Bonchev–Trinajstić information content (AvgIpc) is 2.30. The van der Waals surface area contributed by atoms with Crippen LogP contribution in [0, 0.1) is 6.92 Å². The van der Waals surface area contributed by atoms with Gasteiger partial charge in [0.1, 0.15) is 5.75 Å². The molecule has 0 aliphatic heterocycles. The van der Waals surface area contributed by atoms with Crippen LogP contribution in [0.3, 0.4) is 0 Å². The van der Waals surface area contributed by atoms with Gasteiger partial charge in [0.05, 0.1) is 18.8 Å². The molecule has 0 aliphatic rings. The molecule has 19 heavy (non-hydrogen) atoms. The Morgan fingerprint density at radius 2 is 2.00 bits per heavy atom. The Labute approximate surface area is 115 Å². The molecule has 0 aromatic heterocycles. The lowest BCUT2D eigenvalue weighted by Gasteiger charge is -2.20. The molecule has 1 amide bonds. The number of aryl methyl sites for hydroxylation is 1. The molecule has 1 rings (SSSR count). The van der Waals surface area contributed by atoms with E-state index in [0.717, 1.165) is 5.56 Å². The van der Waals surface area contributed by atoms with Crippen molar-refractivity contribution in [2.75, 3.05) is 18.5 Å². The summed E-state index contributed by atoms with van der Waals surface area (Å²) in [6, 6.07) is 5.75. The van der Waals surface area contributed by atoms with Crippen molar-refractivity contribution in [2.45, 2.75) is 40.2 Å². The van der Waals surface area contributed by atoms with Crippen LogP contribution in [0.15, 0.2) is 18.2 Å². The second-order valence-corrected chi connectivity index (χ2v) is 5.58. The summed E-state index contributed by atoms with van der Waals surface area (Å²) in [5, 5.41) is 6.02. The van der Waals surface area contributed by atoms with Crippen LogP contribution < -0.4 is 15.4 Å². The Balaban J connectivity index is 2.68. The number of carbonyl (C=O) groups excluding carboxylic acids is 1. The number of ether oxygens (including phenoxy) is 1. The van der Waals surface area contributed by atoms with Gasteiger partial charge in [-0.25, -0.2) is 0 Å². The van der Waals surface area contributed by atoms with Crippen molar-refractivity contribution in [3.05, 3.63) is 23.8 Å². The van der Waals surface area contributed by atoms with Crippen LogP contribution in [-0.2, 0) is 4.79 Å². The molecule has 0 atom stereocenters. The summed E-state index contributed by atoms with van der Waals surface area (Å²) in [4.78, 5) is 11.9. The zero-order chi connectivity index (χ0) is 14.5. The van der Waals surface area contributed by atoms with Crippen LogP contribution in [-0.4, -0.2) is 24.6 Å². The van der Waals surface area contributed by atoms with Gasteiger partial charge in [-0.05, 0) is 52.3 Å². The number of anilines is 1. The smallest absolute Gasteiger partial charge is 0.238 e. The molecule has 1 aromatic carbocycles. The molecule has 0 saturated heterocycles. The van der Waals surface area contributed by atoms with Crippen molar-refractivity contribution in [1.29, 1.82) is 0 Å². The molecule has 4 nitrogen and oxygen atoms in total. The summed E-state index contributed by atoms with van der Waals surface area (Å²) < 4.78 is 5.53. The fourth-order valence-electron chi connectivity index (χ4n) is 1.55. The number of rotatable bonds is 5. The number of hydrogen-bond acceptors (Lipinski definition) is 3. The van der Waals surface area contributed by atoms with Gasteiger partial charge in [-0.3, -0.25) is 4.79 Å². The van der Waals surface area contributed by atoms with Crippen LogP contribution in [0.25, 0.3) is 0 Å². The number of amides is 1. The Morgan fingerprint density at radius 1 is 1.32 bits per heavy atom. The molecular formula is C15H24N2O2. The average molecular weight is 264 g/mol. The van der Waals surface area contributed by atoms with Gasteiger partial charge in [0.2, 0.25) is 5.91 Å². The highest BCUT2D eigenvalue weighted by atomic mass is 16.5. The third kappa shape index (κ3) is 5.75. The van der Waals surface area contributed by atoms with Gasteiger partial charge in [0.15, 0.2) is 0 Å². The molecule has 1 aromatic rings. The number of hydrogen-bond donors (Lipinski definition) is 2. The summed E-state index contributed by atoms with van der Waals surface area (Å²) in [5.74, 6) is 0.645. The van der Waals surface area contributed by atoms with E-state index in [1.54, 1.807) is 0 Å². The first-order valence-corrected chi connectivity index (χ1v) is 6.60. The summed E-state index contributed by atoms with van der Waals surface area (Å²) in [5.41, 5.74) is 1.75. The molecular weight excluding hydrogens is 240 g/mol. The molecule has 2 N–H and O–H groups in total. The second-order valence-electron chi connectivity index (χ2n) is 5.58. The summed E-state index contributed by atoms with van der Waals surface area (Å²) >= 11 is 0. The van der Waals surface area contributed by atoms with Crippen LogP contribution in [0.4, 0.5) is 5.69 Å². The minimum absolute atomic E-state index is 0.0697. The van der Waals surface area contributed by atoms with Crippen molar-refractivity contribution in [3.8, 4) is 5.75 Å². The second kappa shape index (κ2) is 6.57. The first kappa shape index (κ1) is 15.5. The SMILES string of the molecule is CCOc1cc(C)ccc1NC(=O)CNC(C)(C)C. The standard InChI is InChI=1S/C15H24N2O2/c1-6-19-13-9-11(2)7-8-12(13)17-14(18)10-16-15(3,4)5/h7-9,16H,6,10H2,1-5H3,(H,17,18). The topological polar surface area (TPSA) is 50.4 Å². The maximum atomic E-state index is 11.9. The molecule has 0 fully saturated rings. The maximum absolute atomic E-state index is 11.9. The zero-order valence-corrected chi connectivity index (χ0v) is 12.5. The van der Waals surface area contributed by atoms with E-state index in [2.05, 4.69) is 10.6 Å². The van der Waals surface area contributed by atoms with E-state index in [-0.39, 0.29) is 18.0 Å². The Kier molecular flexibility index (Phi) is 5.36. The molecule has 0 spiro atoms. The summed E-state index contributed by atoms with van der Waals surface area (Å²) in [6.07, 6.45) is 0. The molecule has 0 saturated carbocycles. The van der Waals surface area contributed by atoms with Gasteiger partial charge in [-0.15, -0.1) is 0 Å². The largest absolute Gasteiger partial charge is 0.492 e. The van der Waals surface area contributed by atoms with E-state index in [4.69, 9.17) is 4.74 Å². The number of carbonyl (C=O) groups is 1. The van der Waals surface area contributed by atoms with E-state index >= 15 is 0 Å². The van der Waals surface area contributed by atoms with Crippen LogP contribution in [0.2, 0.25) is 0 Å². The maximum Gasteiger partial charge on any atom is 0.238 e. The quantitative estimate of drug-likeness (QED) is 0.859. The Bertz CT molecular complexity index is 436. The predicted molar refractivity (Wildman–Crippen MR) is 78.7 cm³/mol. The normalized spacial score (nSPS) is 11.2. The molecule has 4 heteroatoms. The predicted octanol–water partition coefficient (Wildman–Crippen LogP) is 2.72. The first-order chi connectivity index (χ1) is 8.81. The minimum Gasteiger partial charge on any atom is -0.492 e. The fourth-order valence-corrected chi connectivity index (χ4v) is 1.55. The lowest BCUT2D eigenvalue weighted by Crippen LogP contribution is -2.41. The third-order valence-corrected chi connectivity index (χ3v) is 2.49. The third-order valence-electron chi connectivity index (χ3n) is 2.49. The van der Waals surface area contributed by atoms with Crippen molar-refractivity contribution >= 4 is 11.6 Å². The van der Waals surface area contributed by atoms with E-state index in [1.807, 2.05) is 52.8 Å². The first-order valence-electron chi connectivity index (χ1n) is 6.60. The summed E-state index contributed by atoms with van der Waals surface area (Å²) in [6.45, 7) is 10.9. The van der Waals surface area contributed by atoms with Gasteiger partial charge >= 0.3 is 0 Å². The molecule has 0 aliphatic carbocycles. The highest BCUT2D eigenvalue weighted by Gasteiger charge is 2.13. The van der Waals surface area contributed by atoms with Gasteiger partial charge in [-0.2, -0.15) is 0 Å². The lowest BCUT2D eigenvalue weighted by molar-refractivity contribution is -0.115. The molecule has 0 unspecified atom stereocenters. The minimum atomic E-state index is -0.0760. The van der Waals surface area contributed by atoms with Crippen LogP contribution >= 0.6 is 0 Å². The van der Waals surface area contributed by atoms with E-state index in [1.165, 1.54) is 0 Å². The van der Waals surface area contributed by atoms with Crippen LogP contribution in [0.1, 0.15) is 33.3 Å². The van der Waals surface area contributed by atoms with Crippen molar-refractivity contribution in [3.63, 3.8) is 0 Å². The molecule has 0 radical (unpaired) electrons. The van der Waals surface area contributed by atoms with Gasteiger partial charge in [0, 0.05) is 5.54 Å². The Hall–Kier alpha value is -1.55. The highest BCUT2D eigenvalue weighted by molar-refractivity contribution is 5.93. The van der Waals surface area contributed by atoms with Crippen LogP contribution in [0.5, 0.6) is 5.75 Å². The molecule has 0 heterocycles. The van der Waals surface area contributed by atoms with E-state index in [9.17, 15) is 4.79 Å². The Morgan fingerprint density at radius 3 is 2.58 bits per heavy atom. The highest BCUT2D eigenvalue weighted by Crippen LogP contribution is 2.25. The van der Waals surface area contributed by atoms with Gasteiger partial charge in [-0.1, -0.05) is 6.07 Å². The lowest BCUT2D eigenvalue weighted by atomic mass is 10.1. The van der Waals surface area contributed by atoms with E-state index in [0.29, 0.717) is 18.0 Å². The van der Waals surface area contributed by atoms with E-state index < -0.39 is 0 Å². The van der Waals surface area contributed by atoms with Gasteiger partial charge in [0.25, 0.3) is 0 Å². The fraction of sp³-hybridized carbons (Fsp3) is 0.533. The number of benzene rings is 1. The van der Waals surface area contributed by atoms with Crippen molar-refractivity contribution in [2.24, 2.45) is 0 Å². The number of nitrogens with one attached hydrogen (secondary N) is 2. The molecule has 106 valence electrons. The van der Waals surface area contributed by atoms with Gasteiger partial charge < -0.3 is 15.4 Å². The summed E-state index contributed by atoms with van der Waals surface area (Å²) in [7, 11) is 0. The molecule has 0 bridgehead atoms. The monoisotopic (exact) mass is 264 g/mol. The zero-order valence-electron chi connectivity index (χ0n) is 12.5. The van der Waals surface area contributed by atoms with Crippen molar-refractivity contribution < 1.29 is 9.53 Å². The van der Waals surface area contributed by atoms with Crippen molar-refractivity contribution in [1.82, 2.24) is 5.32 Å².